The molecule has 66 valence electrons. The van der Waals surface area contributed by atoms with E-state index in [1.807, 2.05) is 7.05 Å². The first-order valence-electron chi connectivity index (χ1n) is 4.46. The quantitative estimate of drug-likeness (QED) is 0.645. The van der Waals surface area contributed by atoms with Crippen molar-refractivity contribution in [3.05, 3.63) is 0 Å². The predicted molar refractivity (Wildman–Crippen MR) is 49.6 cm³/mol. The molecule has 1 fully saturated rings. The molecular weight excluding hydrogens is 134 g/mol. The van der Waals surface area contributed by atoms with Gasteiger partial charge in [-0.25, -0.2) is 0 Å². The van der Waals surface area contributed by atoms with E-state index in [9.17, 15) is 0 Å². The molecule has 1 rings (SSSR count). The zero-order valence-electron chi connectivity index (χ0n) is 8.71. The van der Waals surface area contributed by atoms with Crippen LogP contribution in [-0.2, 0) is 0 Å². The summed E-state index contributed by atoms with van der Waals surface area (Å²) in [5, 5.41) is 3.28. The van der Waals surface area contributed by atoms with E-state index in [0.29, 0.717) is 16.2 Å². The van der Waals surface area contributed by atoms with Crippen LogP contribution in [0.15, 0.2) is 0 Å². The molecule has 1 heteroatoms. The van der Waals surface area contributed by atoms with Gasteiger partial charge >= 0.3 is 0 Å². The van der Waals surface area contributed by atoms with Crippen molar-refractivity contribution in [1.82, 2.24) is 5.32 Å². The third kappa shape index (κ3) is 0.752. The molecule has 1 N–H and O–H groups in total. The molecule has 0 radical (unpaired) electrons. The third-order valence-electron chi connectivity index (χ3n) is 4.79. The molecule has 0 saturated heterocycles. The van der Waals surface area contributed by atoms with Gasteiger partial charge in [0.2, 0.25) is 0 Å². The summed E-state index contributed by atoms with van der Waals surface area (Å²) in [4.78, 5) is 0. The van der Waals surface area contributed by atoms with Gasteiger partial charge in [-0.1, -0.05) is 34.6 Å². The van der Waals surface area contributed by atoms with Crippen molar-refractivity contribution < 1.29 is 0 Å². The highest BCUT2D eigenvalue weighted by atomic mass is 14.9. The van der Waals surface area contributed by atoms with Crippen LogP contribution in [0.25, 0.3) is 0 Å². The standard InChI is InChI=1S/C10H21N/c1-8(2)9(3,4)10(8,5)7-11-6/h11H,7H2,1-6H3. The maximum absolute atomic E-state index is 3.28. The zero-order valence-corrected chi connectivity index (χ0v) is 8.71. The molecular formula is C10H21N. The maximum atomic E-state index is 3.28. The van der Waals surface area contributed by atoms with Crippen molar-refractivity contribution in [2.45, 2.75) is 34.6 Å². The SMILES string of the molecule is CNCC1(C)C(C)(C)C1(C)C. The molecule has 0 amide bonds. The third-order valence-corrected chi connectivity index (χ3v) is 4.79. The minimum atomic E-state index is 0.481. The summed E-state index contributed by atoms with van der Waals surface area (Å²) < 4.78 is 0. The largest absolute Gasteiger partial charge is 0.319 e. The van der Waals surface area contributed by atoms with Crippen LogP contribution in [0.4, 0.5) is 0 Å². The van der Waals surface area contributed by atoms with Gasteiger partial charge in [0.1, 0.15) is 0 Å². The molecule has 1 aliphatic rings. The van der Waals surface area contributed by atoms with Crippen molar-refractivity contribution in [2.75, 3.05) is 13.6 Å². The minimum absolute atomic E-state index is 0.481. The maximum Gasteiger partial charge on any atom is 0.00128 e. The first-order valence-corrected chi connectivity index (χ1v) is 4.46. The van der Waals surface area contributed by atoms with Gasteiger partial charge in [0.05, 0.1) is 0 Å². The van der Waals surface area contributed by atoms with Crippen LogP contribution >= 0.6 is 0 Å². The van der Waals surface area contributed by atoms with Gasteiger partial charge in [-0.15, -0.1) is 0 Å². The van der Waals surface area contributed by atoms with E-state index in [-0.39, 0.29) is 0 Å². The summed E-state index contributed by atoms with van der Waals surface area (Å²) in [6.07, 6.45) is 0. The van der Waals surface area contributed by atoms with Crippen LogP contribution in [0.1, 0.15) is 34.6 Å². The summed E-state index contributed by atoms with van der Waals surface area (Å²) in [6, 6.07) is 0. The lowest BCUT2D eigenvalue weighted by molar-refractivity contribution is 0.392. The molecule has 0 spiro atoms. The summed E-state index contributed by atoms with van der Waals surface area (Å²) in [7, 11) is 2.04. The summed E-state index contributed by atoms with van der Waals surface area (Å²) in [5.74, 6) is 0. The van der Waals surface area contributed by atoms with Crippen LogP contribution in [0.3, 0.4) is 0 Å². The van der Waals surface area contributed by atoms with Crippen molar-refractivity contribution in [2.24, 2.45) is 16.2 Å². The zero-order chi connectivity index (χ0) is 8.91. The number of hydrogen-bond acceptors (Lipinski definition) is 1. The Labute approximate surface area is 70.6 Å². The summed E-state index contributed by atoms with van der Waals surface area (Å²) in [5.41, 5.74) is 1.46. The highest BCUT2D eigenvalue weighted by Crippen LogP contribution is 2.77. The van der Waals surface area contributed by atoms with E-state index in [2.05, 4.69) is 39.9 Å². The Balaban J connectivity index is 2.78. The minimum Gasteiger partial charge on any atom is -0.319 e. The average Bonchev–Trinajstić information content (AvgIpc) is 2.12. The number of rotatable bonds is 2. The van der Waals surface area contributed by atoms with E-state index < -0.39 is 0 Å². The second kappa shape index (κ2) is 2.01. The van der Waals surface area contributed by atoms with E-state index in [4.69, 9.17) is 0 Å². The molecule has 0 aromatic heterocycles. The van der Waals surface area contributed by atoms with Gasteiger partial charge < -0.3 is 5.32 Å². The Kier molecular flexibility index (Phi) is 1.65. The normalized spacial score (nSPS) is 30.0. The van der Waals surface area contributed by atoms with Gasteiger partial charge in [-0.05, 0) is 23.3 Å². The lowest BCUT2D eigenvalue weighted by Crippen LogP contribution is -2.22. The van der Waals surface area contributed by atoms with Crippen LogP contribution in [0.2, 0.25) is 0 Å². The van der Waals surface area contributed by atoms with Crippen molar-refractivity contribution in [3.8, 4) is 0 Å². The Bertz CT molecular complexity index is 154. The van der Waals surface area contributed by atoms with Gasteiger partial charge in [0.25, 0.3) is 0 Å². The highest BCUT2D eigenvalue weighted by molar-refractivity contribution is 5.21. The molecule has 0 bridgehead atoms. The van der Waals surface area contributed by atoms with Crippen molar-refractivity contribution >= 4 is 0 Å². The Morgan fingerprint density at radius 3 is 1.36 bits per heavy atom. The fraction of sp³-hybridized carbons (Fsp3) is 1.00. The first kappa shape index (κ1) is 9.05. The fourth-order valence-corrected chi connectivity index (χ4v) is 2.51. The lowest BCUT2D eigenvalue weighted by atomic mass is 9.98. The molecule has 0 atom stereocenters. The predicted octanol–water partition coefficient (Wildman–Crippen LogP) is 2.28. The van der Waals surface area contributed by atoms with Crippen LogP contribution in [0.5, 0.6) is 0 Å². The average molecular weight is 155 g/mol. The monoisotopic (exact) mass is 155 g/mol. The number of hydrogen-bond donors (Lipinski definition) is 1. The summed E-state index contributed by atoms with van der Waals surface area (Å²) in [6.45, 7) is 13.0. The smallest absolute Gasteiger partial charge is 0.00128 e. The van der Waals surface area contributed by atoms with Crippen molar-refractivity contribution in [3.63, 3.8) is 0 Å². The second-order valence-electron chi connectivity index (χ2n) is 5.11. The van der Waals surface area contributed by atoms with Crippen LogP contribution in [-0.4, -0.2) is 13.6 Å². The lowest BCUT2D eigenvalue weighted by Gasteiger charge is -2.14. The Morgan fingerprint density at radius 2 is 1.27 bits per heavy atom. The molecule has 0 unspecified atom stereocenters. The Hall–Kier alpha value is -0.0400. The van der Waals surface area contributed by atoms with Crippen molar-refractivity contribution in [1.29, 1.82) is 0 Å². The van der Waals surface area contributed by atoms with E-state index >= 15 is 0 Å². The second-order valence-corrected chi connectivity index (χ2v) is 5.11. The summed E-state index contributed by atoms with van der Waals surface area (Å²) >= 11 is 0. The molecule has 0 aromatic carbocycles. The molecule has 1 aliphatic carbocycles. The topological polar surface area (TPSA) is 12.0 Å². The van der Waals surface area contributed by atoms with Gasteiger partial charge in [0.15, 0.2) is 0 Å². The molecule has 1 saturated carbocycles. The first-order chi connectivity index (χ1) is 4.81. The molecule has 0 heterocycles. The van der Waals surface area contributed by atoms with Gasteiger partial charge in [-0.2, -0.15) is 0 Å². The van der Waals surface area contributed by atoms with E-state index in [1.54, 1.807) is 0 Å². The van der Waals surface area contributed by atoms with E-state index in [0.717, 1.165) is 6.54 Å². The van der Waals surface area contributed by atoms with Crippen LogP contribution in [0, 0.1) is 16.2 Å². The fourth-order valence-electron chi connectivity index (χ4n) is 2.51. The highest BCUT2D eigenvalue weighted by Gasteiger charge is 2.73. The van der Waals surface area contributed by atoms with Gasteiger partial charge in [0, 0.05) is 6.54 Å². The van der Waals surface area contributed by atoms with Crippen LogP contribution < -0.4 is 5.32 Å². The van der Waals surface area contributed by atoms with E-state index in [1.165, 1.54) is 0 Å². The molecule has 1 nitrogen and oxygen atoms in total. The Morgan fingerprint density at radius 1 is 0.909 bits per heavy atom. The molecule has 0 aromatic rings. The number of nitrogens with one attached hydrogen (secondary N) is 1. The molecule has 0 aliphatic heterocycles. The molecule has 11 heavy (non-hydrogen) atoms. The van der Waals surface area contributed by atoms with Gasteiger partial charge in [-0.3, -0.25) is 0 Å².